The van der Waals surface area contributed by atoms with E-state index in [0.29, 0.717) is 22.8 Å². The Morgan fingerprint density at radius 2 is 2.17 bits per heavy atom. The number of nitrogens with one attached hydrogen (secondary N) is 1. The van der Waals surface area contributed by atoms with Gasteiger partial charge in [0.2, 0.25) is 0 Å². The quantitative estimate of drug-likeness (QED) is 0.641. The third-order valence-electron chi connectivity index (χ3n) is 3.18. The van der Waals surface area contributed by atoms with Crippen molar-refractivity contribution in [2.75, 3.05) is 14.2 Å². The first-order valence-corrected chi connectivity index (χ1v) is 7.31. The van der Waals surface area contributed by atoms with Gasteiger partial charge in [-0.25, -0.2) is 0 Å². The minimum Gasteiger partial charge on any atom is -0.493 e. The van der Waals surface area contributed by atoms with Crippen LogP contribution in [0.1, 0.15) is 11.3 Å². The standard InChI is InChI=1S/C17H15ClN2O4/c1-22-14-6-5-11(15(18)16(14)23-2)8-12(9-19)17(21)20-10-13-4-3-7-24-13/h3-8H,10H2,1-2H3,(H,20,21). The molecule has 1 amide bonds. The topological polar surface area (TPSA) is 84.5 Å². The van der Waals surface area contributed by atoms with Crippen molar-refractivity contribution in [3.8, 4) is 17.6 Å². The molecule has 0 unspecified atom stereocenters. The van der Waals surface area contributed by atoms with Gasteiger partial charge in [-0.2, -0.15) is 5.26 Å². The molecule has 124 valence electrons. The zero-order valence-corrected chi connectivity index (χ0v) is 13.9. The maximum absolute atomic E-state index is 12.1. The molecule has 1 aromatic carbocycles. The molecule has 0 bridgehead atoms. The molecule has 1 N–H and O–H groups in total. The van der Waals surface area contributed by atoms with E-state index in [2.05, 4.69) is 5.32 Å². The normalized spacial score (nSPS) is 10.8. The van der Waals surface area contributed by atoms with Crippen LogP contribution in [-0.2, 0) is 11.3 Å². The molecule has 24 heavy (non-hydrogen) atoms. The molecule has 0 saturated heterocycles. The molecule has 1 aromatic heterocycles. The van der Waals surface area contributed by atoms with E-state index in [1.165, 1.54) is 26.6 Å². The smallest absolute Gasteiger partial charge is 0.262 e. The van der Waals surface area contributed by atoms with Gasteiger partial charge in [-0.15, -0.1) is 0 Å². The summed E-state index contributed by atoms with van der Waals surface area (Å²) in [7, 11) is 2.95. The number of carbonyl (C=O) groups is 1. The van der Waals surface area contributed by atoms with E-state index >= 15 is 0 Å². The molecule has 0 radical (unpaired) electrons. The number of rotatable bonds is 6. The molecule has 0 aliphatic carbocycles. The lowest BCUT2D eigenvalue weighted by atomic mass is 10.1. The summed E-state index contributed by atoms with van der Waals surface area (Å²) in [5.74, 6) is 0.853. The van der Waals surface area contributed by atoms with Crippen LogP contribution in [0, 0.1) is 11.3 Å². The molecule has 2 rings (SSSR count). The van der Waals surface area contributed by atoms with Gasteiger partial charge in [0.1, 0.15) is 17.4 Å². The summed E-state index contributed by atoms with van der Waals surface area (Å²) in [5.41, 5.74) is 0.384. The molecular weight excluding hydrogens is 332 g/mol. The Morgan fingerprint density at radius 1 is 1.38 bits per heavy atom. The first kappa shape index (κ1) is 17.4. The van der Waals surface area contributed by atoms with Crippen molar-refractivity contribution >= 4 is 23.6 Å². The Balaban J connectivity index is 2.23. The lowest BCUT2D eigenvalue weighted by molar-refractivity contribution is -0.117. The van der Waals surface area contributed by atoms with Gasteiger partial charge in [0.25, 0.3) is 5.91 Å². The van der Waals surface area contributed by atoms with Crippen molar-refractivity contribution in [1.29, 1.82) is 5.26 Å². The predicted molar refractivity (Wildman–Crippen MR) is 88.7 cm³/mol. The molecule has 2 aromatic rings. The fourth-order valence-electron chi connectivity index (χ4n) is 2.00. The largest absolute Gasteiger partial charge is 0.493 e. The number of nitriles is 1. The SMILES string of the molecule is COc1ccc(C=C(C#N)C(=O)NCc2ccco2)c(Cl)c1OC. The highest BCUT2D eigenvalue weighted by molar-refractivity contribution is 6.34. The van der Waals surface area contributed by atoms with Crippen molar-refractivity contribution in [2.24, 2.45) is 0 Å². The molecule has 6 nitrogen and oxygen atoms in total. The van der Waals surface area contributed by atoms with Crippen LogP contribution in [-0.4, -0.2) is 20.1 Å². The summed E-state index contributed by atoms with van der Waals surface area (Å²) >= 11 is 6.25. The van der Waals surface area contributed by atoms with E-state index in [4.69, 9.17) is 25.5 Å². The van der Waals surface area contributed by atoms with Gasteiger partial charge in [-0.3, -0.25) is 4.79 Å². The Morgan fingerprint density at radius 3 is 2.75 bits per heavy atom. The first-order chi connectivity index (χ1) is 11.6. The van der Waals surface area contributed by atoms with Crippen molar-refractivity contribution in [3.05, 3.63) is 52.4 Å². The molecule has 0 fully saturated rings. The van der Waals surface area contributed by atoms with E-state index in [0.717, 1.165) is 0 Å². The average molecular weight is 347 g/mol. The molecule has 0 atom stereocenters. The van der Waals surface area contributed by atoms with Gasteiger partial charge in [0.05, 0.1) is 32.1 Å². The molecule has 7 heteroatoms. The second-order valence-corrected chi connectivity index (χ2v) is 5.01. The van der Waals surface area contributed by atoms with Crippen LogP contribution in [0.3, 0.4) is 0 Å². The molecule has 0 saturated carbocycles. The van der Waals surface area contributed by atoms with Gasteiger partial charge < -0.3 is 19.2 Å². The third kappa shape index (κ3) is 3.89. The number of benzene rings is 1. The number of carbonyl (C=O) groups excluding carboxylic acids is 1. The molecule has 0 spiro atoms. The minimum atomic E-state index is -0.528. The van der Waals surface area contributed by atoms with Gasteiger partial charge >= 0.3 is 0 Å². The number of hydrogen-bond donors (Lipinski definition) is 1. The maximum atomic E-state index is 12.1. The summed E-state index contributed by atoms with van der Waals surface area (Å²) < 4.78 is 15.5. The van der Waals surface area contributed by atoms with Crippen LogP contribution in [0.5, 0.6) is 11.5 Å². The highest BCUT2D eigenvalue weighted by atomic mass is 35.5. The summed E-state index contributed by atoms with van der Waals surface area (Å²) in [6, 6.07) is 8.58. The Hall–Kier alpha value is -2.91. The number of amides is 1. The Bertz CT molecular complexity index is 792. The van der Waals surface area contributed by atoms with E-state index < -0.39 is 5.91 Å². The molecular formula is C17H15ClN2O4. The summed E-state index contributed by atoms with van der Waals surface area (Å²) in [4.78, 5) is 12.1. The van der Waals surface area contributed by atoms with E-state index in [-0.39, 0.29) is 17.1 Å². The highest BCUT2D eigenvalue weighted by Gasteiger charge is 2.15. The third-order valence-corrected chi connectivity index (χ3v) is 3.57. The summed E-state index contributed by atoms with van der Waals surface area (Å²) in [5, 5.41) is 12.1. The van der Waals surface area contributed by atoms with Crippen LogP contribution >= 0.6 is 11.6 Å². The first-order valence-electron chi connectivity index (χ1n) is 6.93. The summed E-state index contributed by atoms with van der Waals surface area (Å²) in [6.45, 7) is 0.185. The number of ether oxygens (including phenoxy) is 2. The number of hydrogen-bond acceptors (Lipinski definition) is 5. The molecule has 0 aliphatic rings. The highest BCUT2D eigenvalue weighted by Crippen LogP contribution is 2.38. The van der Waals surface area contributed by atoms with Gasteiger partial charge in [0, 0.05) is 0 Å². The van der Waals surface area contributed by atoms with Crippen LogP contribution in [0.15, 0.2) is 40.5 Å². The van der Waals surface area contributed by atoms with Gasteiger partial charge in [0.15, 0.2) is 11.5 Å². The Labute approximate surface area is 144 Å². The van der Waals surface area contributed by atoms with Crippen molar-refractivity contribution in [2.45, 2.75) is 6.54 Å². The lowest BCUT2D eigenvalue weighted by Crippen LogP contribution is -2.23. The van der Waals surface area contributed by atoms with Crippen molar-refractivity contribution in [1.82, 2.24) is 5.32 Å². The summed E-state index contributed by atoms with van der Waals surface area (Å²) in [6.07, 6.45) is 2.90. The number of furan rings is 1. The second-order valence-electron chi connectivity index (χ2n) is 4.64. The van der Waals surface area contributed by atoms with Crippen molar-refractivity contribution < 1.29 is 18.7 Å². The van der Waals surface area contributed by atoms with Crippen molar-refractivity contribution in [3.63, 3.8) is 0 Å². The van der Waals surface area contributed by atoms with E-state index in [1.807, 2.05) is 6.07 Å². The number of halogens is 1. The average Bonchev–Trinajstić information content (AvgIpc) is 3.11. The van der Waals surface area contributed by atoms with Crippen LogP contribution in [0.25, 0.3) is 6.08 Å². The second kappa shape index (κ2) is 8.09. The van der Waals surface area contributed by atoms with Gasteiger partial charge in [-0.05, 0) is 35.9 Å². The zero-order chi connectivity index (χ0) is 17.5. The predicted octanol–water partition coefficient (Wildman–Crippen LogP) is 3.17. The lowest BCUT2D eigenvalue weighted by Gasteiger charge is -2.11. The monoisotopic (exact) mass is 346 g/mol. The minimum absolute atomic E-state index is 0.0873. The fraction of sp³-hybridized carbons (Fsp3) is 0.176. The number of nitrogens with zero attached hydrogens (tertiary/aromatic N) is 1. The van der Waals surface area contributed by atoms with Gasteiger partial charge in [-0.1, -0.05) is 11.6 Å². The maximum Gasteiger partial charge on any atom is 0.262 e. The van der Waals surface area contributed by atoms with Crippen LogP contribution < -0.4 is 14.8 Å². The zero-order valence-electron chi connectivity index (χ0n) is 13.1. The van der Waals surface area contributed by atoms with Crippen LogP contribution in [0.2, 0.25) is 5.02 Å². The van der Waals surface area contributed by atoms with Crippen LogP contribution in [0.4, 0.5) is 0 Å². The molecule has 1 heterocycles. The number of methoxy groups -OCH3 is 2. The van der Waals surface area contributed by atoms with E-state index in [9.17, 15) is 10.1 Å². The molecule has 0 aliphatic heterocycles. The Kier molecular flexibility index (Phi) is 5.88. The van der Waals surface area contributed by atoms with E-state index in [1.54, 1.807) is 24.3 Å². The fourth-order valence-corrected chi connectivity index (χ4v) is 2.28.